The van der Waals surface area contributed by atoms with Crippen LogP contribution in [0.1, 0.15) is 10.4 Å². The molecule has 2 aromatic carbocycles. The summed E-state index contributed by atoms with van der Waals surface area (Å²) in [5.74, 6) is -2.69. The van der Waals surface area contributed by atoms with Gasteiger partial charge in [-0.15, -0.1) is 0 Å². The normalized spacial score (nSPS) is 12.2. The standard InChI is InChI=1S/C14H9BrF2O2S/c15-10-3-1-2-9(6-10)14(18)8-20(19)11-4-5-12(16)13(17)7-11/h1-7H,8H2. The highest BCUT2D eigenvalue weighted by Crippen LogP contribution is 2.15. The van der Waals surface area contributed by atoms with Gasteiger partial charge in [0, 0.05) is 14.9 Å². The van der Waals surface area contributed by atoms with Crippen molar-refractivity contribution in [3.8, 4) is 0 Å². The van der Waals surface area contributed by atoms with Gasteiger partial charge in [0.2, 0.25) is 0 Å². The molecule has 0 spiro atoms. The smallest absolute Gasteiger partial charge is 0.175 e. The van der Waals surface area contributed by atoms with E-state index in [-0.39, 0.29) is 16.4 Å². The highest BCUT2D eigenvalue weighted by Gasteiger charge is 2.14. The SMILES string of the molecule is O=C(CS(=O)c1ccc(F)c(F)c1)c1cccc(Br)c1. The Morgan fingerprint density at radius 1 is 1.10 bits per heavy atom. The first-order valence-electron chi connectivity index (χ1n) is 5.59. The molecule has 2 nitrogen and oxygen atoms in total. The molecule has 0 saturated carbocycles. The molecular weight excluding hydrogens is 350 g/mol. The number of hydrogen-bond donors (Lipinski definition) is 0. The summed E-state index contributed by atoms with van der Waals surface area (Å²) in [4.78, 5) is 12.0. The molecule has 20 heavy (non-hydrogen) atoms. The quantitative estimate of drug-likeness (QED) is 0.780. The number of halogens is 3. The number of ketones is 1. The average Bonchev–Trinajstić information content (AvgIpc) is 2.41. The highest BCUT2D eigenvalue weighted by molar-refractivity contribution is 9.10. The maximum absolute atomic E-state index is 13.1. The van der Waals surface area contributed by atoms with Crippen molar-refractivity contribution in [2.45, 2.75) is 4.90 Å². The van der Waals surface area contributed by atoms with E-state index in [9.17, 15) is 17.8 Å². The van der Waals surface area contributed by atoms with Crippen LogP contribution in [0.5, 0.6) is 0 Å². The van der Waals surface area contributed by atoms with Crippen LogP contribution in [0.2, 0.25) is 0 Å². The van der Waals surface area contributed by atoms with Crippen molar-refractivity contribution in [1.82, 2.24) is 0 Å². The molecule has 0 aliphatic carbocycles. The maximum atomic E-state index is 13.1. The summed E-state index contributed by atoms with van der Waals surface area (Å²) in [6.45, 7) is 0. The summed E-state index contributed by atoms with van der Waals surface area (Å²) in [7, 11) is -1.71. The van der Waals surface area contributed by atoms with Crippen LogP contribution in [0.25, 0.3) is 0 Å². The lowest BCUT2D eigenvalue weighted by Crippen LogP contribution is -2.11. The van der Waals surface area contributed by atoms with E-state index >= 15 is 0 Å². The van der Waals surface area contributed by atoms with Crippen molar-refractivity contribution < 1.29 is 17.8 Å². The largest absolute Gasteiger partial charge is 0.293 e. The highest BCUT2D eigenvalue weighted by atomic mass is 79.9. The van der Waals surface area contributed by atoms with Crippen LogP contribution in [-0.4, -0.2) is 15.7 Å². The van der Waals surface area contributed by atoms with E-state index in [4.69, 9.17) is 0 Å². The van der Waals surface area contributed by atoms with Gasteiger partial charge in [-0.1, -0.05) is 28.1 Å². The molecule has 0 heterocycles. The van der Waals surface area contributed by atoms with Crippen LogP contribution >= 0.6 is 15.9 Å². The van der Waals surface area contributed by atoms with Crippen molar-refractivity contribution in [2.75, 3.05) is 5.75 Å². The van der Waals surface area contributed by atoms with Crippen molar-refractivity contribution in [3.63, 3.8) is 0 Å². The Balaban J connectivity index is 2.15. The second-order valence-electron chi connectivity index (χ2n) is 4.00. The zero-order valence-electron chi connectivity index (χ0n) is 10.1. The van der Waals surface area contributed by atoms with Gasteiger partial charge in [-0.3, -0.25) is 9.00 Å². The Bertz CT molecular complexity index is 689. The van der Waals surface area contributed by atoms with Gasteiger partial charge in [-0.05, 0) is 30.3 Å². The summed E-state index contributed by atoms with van der Waals surface area (Å²) in [5, 5.41) is 0. The van der Waals surface area contributed by atoms with Gasteiger partial charge in [0.15, 0.2) is 17.4 Å². The number of Topliss-reactive ketones (excluding diaryl/α,β-unsaturated/α-hetero) is 1. The molecule has 0 bridgehead atoms. The van der Waals surface area contributed by atoms with Crippen LogP contribution in [0.15, 0.2) is 51.8 Å². The summed E-state index contributed by atoms with van der Waals surface area (Å²) < 4.78 is 38.5. The molecule has 0 radical (unpaired) electrons. The molecule has 0 aliphatic rings. The first-order chi connectivity index (χ1) is 9.47. The molecular formula is C14H9BrF2O2S. The molecule has 0 saturated heterocycles. The maximum Gasteiger partial charge on any atom is 0.175 e. The third-order valence-corrected chi connectivity index (χ3v) is 4.36. The van der Waals surface area contributed by atoms with Crippen molar-refractivity contribution >= 4 is 32.5 Å². The third-order valence-electron chi connectivity index (χ3n) is 2.56. The molecule has 0 aromatic heterocycles. The summed E-state index contributed by atoms with van der Waals surface area (Å²) >= 11 is 3.24. The fraction of sp³-hybridized carbons (Fsp3) is 0.0714. The minimum atomic E-state index is -1.71. The van der Waals surface area contributed by atoms with E-state index in [0.717, 1.165) is 16.6 Å². The van der Waals surface area contributed by atoms with Gasteiger partial charge in [-0.2, -0.15) is 0 Å². The van der Waals surface area contributed by atoms with Crippen LogP contribution in [0, 0.1) is 11.6 Å². The average molecular weight is 359 g/mol. The van der Waals surface area contributed by atoms with Gasteiger partial charge < -0.3 is 0 Å². The Labute approximate surface area is 125 Å². The van der Waals surface area contributed by atoms with E-state index in [2.05, 4.69) is 15.9 Å². The van der Waals surface area contributed by atoms with Crippen LogP contribution in [0.4, 0.5) is 8.78 Å². The lowest BCUT2D eigenvalue weighted by Gasteiger charge is -2.03. The van der Waals surface area contributed by atoms with Gasteiger partial charge in [0.1, 0.15) is 0 Å². The number of rotatable bonds is 4. The molecule has 1 unspecified atom stereocenters. The first-order valence-corrected chi connectivity index (χ1v) is 7.71. The Morgan fingerprint density at radius 3 is 2.50 bits per heavy atom. The van der Waals surface area contributed by atoms with E-state index in [0.29, 0.717) is 5.56 Å². The lowest BCUT2D eigenvalue weighted by atomic mass is 10.2. The number of benzene rings is 2. The van der Waals surface area contributed by atoms with Crippen LogP contribution in [0.3, 0.4) is 0 Å². The molecule has 2 aromatic rings. The summed E-state index contributed by atoms with van der Waals surface area (Å²) in [6.07, 6.45) is 0. The molecule has 0 amide bonds. The molecule has 1 atom stereocenters. The van der Waals surface area contributed by atoms with Crippen molar-refractivity contribution in [3.05, 3.63) is 64.1 Å². The second kappa shape index (κ2) is 6.37. The number of carbonyl (C=O) groups excluding carboxylic acids is 1. The molecule has 104 valence electrons. The van der Waals surface area contributed by atoms with E-state index in [1.54, 1.807) is 24.3 Å². The molecule has 0 aliphatic heterocycles. The molecule has 6 heteroatoms. The predicted molar refractivity (Wildman–Crippen MR) is 76.1 cm³/mol. The minimum absolute atomic E-state index is 0.0900. The van der Waals surface area contributed by atoms with E-state index in [1.165, 1.54) is 6.07 Å². The topological polar surface area (TPSA) is 34.1 Å². The molecule has 0 fully saturated rings. The molecule has 2 rings (SSSR count). The monoisotopic (exact) mass is 358 g/mol. The Hall–Kier alpha value is -1.40. The van der Waals surface area contributed by atoms with Gasteiger partial charge >= 0.3 is 0 Å². The second-order valence-corrected chi connectivity index (χ2v) is 6.37. The van der Waals surface area contributed by atoms with E-state index < -0.39 is 22.4 Å². The van der Waals surface area contributed by atoms with Crippen molar-refractivity contribution in [1.29, 1.82) is 0 Å². The Kier molecular flexibility index (Phi) is 4.77. The van der Waals surface area contributed by atoms with E-state index in [1.807, 2.05) is 0 Å². The van der Waals surface area contributed by atoms with Crippen LogP contribution < -0.4 is 0 Å². The number of hydrogen-bond acceptors (Lipinski definition) is 2. The van der Waals surface area contributed by atoms with Crippen molar-refractivity contribution in [2.24, 2.45) is 0 Å². The van der Waals surface area contributed by atoms with Gasteiger partial charge in [-0.25, -0.2) is 8.78 Å². The fourth-order valence-corrected chi connectivity index (χ4v) is 2.99. The lowest BCUT2D eigenvalue weighted by molar-refractivity contribution is 0.102. The molecule has 0 N–H and O–H groups in total. The minimum Gasteiger partial charge on any atom is -0.293 e. The Morgan fingerprint density at radius 2 is 1.85 bits per heavy atom. The van der Waals surface area contributed by atoms with Gasteiger partial charge in [0.25, 0.3) is 0 Å². The summed E-state index contributed by atoms with van der Waals surface area (Å²) in [6, 6.07) is 9.63. The number of carbonyl (C=O) groups is 1. The zero-order chi connectivity index (χ0) is 14.7. The predicted octanol–water partition coefficient (Wildman–Crippen LogP) is 3.72. The third kappa shape index (κ3) is 3.58. The van der Waals surface area contributed by atoms with Crippen LogP contribution in [-0.2, 0) is 10.8 Å². The summed E-state index contributed by atoms with van der Waals surface area (Å²) in [5.41, 5.74) is 0.412. The van der Waals surface area contributed by atoms with Gasteiger partial charge in [0.05, 0.1) is 16.6 Å². The zero-order valence-corrected chi connectivity index (χ0v) is 12.5. The first kappa shape index (κ1) is 15.0. The fourth-order valence-electron chi connectivity index (χ4n) is 1.57.